The fourth-order valence-corrected chi connectivity index (χ4v) is 3.16. The van der Waals surface area contributed by atoms with Gasteiger partial charge in [-0.05, 0) is 24.1 Å². The highest BCUT2D eigenvalue weighted by atomic mass is 32.1. The summed E-state index contributed by atoms with van der Waals surface area (Å²) in [4.78, 5) is 16.6. The van der Waals surface area contributed by atoms with E-state index in [1.165, 1.54) is 17.3 Å². The standard InChI is InChI=1S/C16H20N4OS/c1-2-3-13-4-6-14(7-5-13)16(21)20-10-8-19(9-11-20)15-12-17-22-18-15/h4-7,12H,2-3,8-11H2,1H3. The summed E-state index contributed by atoms with van der Waals surface area (Å²) in [7, 11) is 0. The summed E-state index contributed by atoms with van der Waals surface area (Å²) in [5.74, 6) is 1.04. The van der Waals surface area contributed by atoms with E-state index in [1.54, 1.807) is 6.20 Å². The van der Waals surface area contributed by atoms with Crippen LogP contribution in [0.3, 0.4) is 0 Å². The molecule has 1 aliphatic rings. The molecule has 0 unspecified atom stereocenters. The van der Waals surface area contributed by atoms with Crippen molar-refractivity contribution in [2.45, 2.75) is 19.8 Å². The number of amides is 1. The maximum absolute atomic E-state index is 12.5. The number of aromatic nitrogens is 2. The number of hydrogen-bond acceptors (Lipinski definition) is 5. The Labute approximate surface area is 134 Å². The summed E-state index contributed by atoms with van der Waals surface area (Å²) in [5.41, 5.74) is 2.07. The third-order valence-corrected chi connectivity index (χ3v) is 4.45. The molecule has 1 aromatic carbocycles. The van der Waals surface area contributed by atoms with Crippen LogP contribution in [0, 0.1) is 0 Å². The van der Waals surface area contributed by atoms with Gasteiger partial charge in [0.2, 0.25) is 0 Å². The molecule has 116 valence electrons. The molecule has 3 rings (SSSR count). The van der Waals surface area contributed by atoms with Crippen LogP contribution in [0.5, 0.6) is 0 Å². The van der Waals surface area contributed by atoms with Crippen molar-refractivity contribution < 1.29 is 4.79 Å². The minimum Gasteiger partial charge on any atom is -0.351 e. The zero-order valence-corrected chi connectivity index (χ0v) is 13.6. The van der Waals surface area contributed by atoms with Crippen molar-refractivity contribution in [3.05, 3.63) is 41.6 Å². The first-order valence-corrected chi connectivity index (χ1v) is 8.41. The fraction of sp³-hybridized carbons (Fsp3) is 0.438. The van der Waals surface area contributed by atoms with Gasteiger partial charge in [0.15, 0.2) is 5.82 Å². The Morgan fingerprint density at radius 2 is 1.91 bits per heavy atom. The summed E-state index contributed by atoms with van der Waals surface area (Å²) >= 11 is 1.22. The van der Waals surface area contributed by atoms with Crippen LogP contribution in [0.25, 0.3) is 0 Å². The molecular weight excluding hydrogens is 296 g/mol. The molecule has 0 radical (unpaired) electrons. The van der Waals surface area contributed by atoms with E-state index in [1.807, 2.05) is 17.0 Å². The summed E-state index contributed by atoms with van der Waals surface area (Å²) < 4.78 is 8.28. The molecular formula is C16H20N4OS. The average molecular weight is 316 g/mol. The number of rotatable bonds is 4. The minimum atomic E-state index is 0.124. The van der Waals surface area contributed by atoms with Crippen LogP contribution in [0.15, 0.2) is 30.5 Å². The first-order valence-electron chi connectivity index (χ1n) is 7.68. The van der Waals surface area contributed by atoms with Gasteiger partial charge in [0.25, 0.3) is 5.91 Å². The van der Waals surface area contributed by atoms with Crippen molar-refractivity contribution in [1.82, 2.24) is 13.6 Å². The molecule has 0 saturated carbocycles. The van der Waals surface area contributed by atoms with Gasteiger partial charge in [0, 0.05) is 31.7 Å². The summed E-state index contributed by atoms with van der Waals surface area (Å²) in [6.45, 7) is 5.24. The molecule has 6 heteroatoms. The van der Waals surface area contributed by atoms with E-state index in [2.05, 4.69) is 32.7 Å². The highest BCUT2D eigenvalue weighted by Crippen LogP contribution is 2.15. The highest BCUT2D eigenvalue weighted by Gasteiger charge is 2.23. The van der Waals surface area contributed by atoms with Gasteiger partial charge in [-0.15, -0.1) is 0 Å². The van der Waals surface area contributed by atoms with Crippen LogP contribution in [-0.2, 0) is 6.42 Å². The molecule has 5 nitrogen and oxygen atoms in total. The molecule has 1 amide bonds. The lowest BCUT2D eigenvalue weighted by atomic mass is 10.1. The van der Waals surface area contributed by atoms with E-state index >= 15 is 0 Å². The molecule has 2 heterocycles. The van der Waals surface area contributed by atoms with E-state index < -0.39 is 0 Å². The first-order chi connectivity index (χ1) is 10.8. The van der Waals surface area contributed by atoms with Crippen molar-refractivity contribution in [1.29, 1.82) is 0 Å². The molecule has 0 aliphatic carbocycles. The summed E-state index contributed by atoms with van der Waals surface area (Å²) in [6, 6.07) is 8.02. The molecule has 1 aliphatic heterocycles. The smallest absolute Gasteiger partial charge is 0.253 e. The first kappa shape index (κ1) is 15.0. The van der Waals surface area contributed by atoms with Crippen LogP contribution in [0.2, 0.25) is 0 Å². The van der Waals surface area contributed by atoms with Crippen molar-refractivity contribution in [2.75, 3.05) is 31.1 Å². The van der Waals surface area contributed by atoms with Gasteiger partial charge in [0.05, 0.1) is 17.9 Å². The van der Waals surface area contributed by atoms with Crippen LogP contribution in [0.1, 0.15) is 29.3 Å². The largest absolute Gasteiger partial charge is 0.351 e. The van der Waals surface area contributed by atoms with E-state index in [4.69, 9.17) is 0 Å². The monoisotopic (exact) mass is 316 g/mol. The number of hydrogen-bond donors (Lipinski definition) is 0. The minimum absolute atomic E-state index is 0.124. The zero-order valence-electron chi connectivity index (χ0n) is 12.7. The fourth-order valence-electron chi connectivity index (χ4n) is 2.72. The number of benzene rings is 1. The lowest BCUT2D eigenvalue weighted by Crippen LogP contribution is -2.48. The van der Waals surface area contributed by atoms with Crippen LogP contribution in [0.4, 0.5) is 5.82 Å². The highest BCUT2D eigenvalue weighted by molar-refractivity contribution is 6.99. The quantitative estimate of drug-likeness (QED) is 0.869. The Bertz CT molecular complexity index is 604. The zero-order chi connectivity index (χ0) is 15.4. The van der Waals surface area contributed by atoms with Crippen molar-refractivity contribution in [2.24, 2.45) is 0 Å². The maximum atomic E-state index is 12.5. The predicted octanol–water partition coefficient (Wildman–Crippen LogP) is 2.45. The lowest BCUT2D eigenvalue weighted by molar-refractivity contribution is 0.0746. The second-order valence-electron chi connectivity index (χ2n) is 5.49. The van der Waals surface area contributed by atoms with Gasteiger partial charge in [-0.2, -0.15) is 8.75 Å². The Balaban J connectivity index is 1.59. The molecule has 1 saturated heterocycles. The topological polar surface area (TPSA) is 49.3 Å². The van der Waals surface area contributed by atoms with E-state index in [9.17, 15) is 4.79 Å². The summed E-state index contributed by atoms with van der Waals surface area (Å²) in [6.07, 6.45) is 3.98. The lowest BCUT2D eigenvalue weighted by Gasteiger charge is -2.34. The van der Waals surface area contributed by atoms with Crippen molar-refractivity contribution >= 4 is 23.5 Å². The number of piperazine rings is 1. The van der Waals surface area contributed by atoms with Crippen molar-refractivity contribution in [3.63, 3.8) is 0 Å². The van der Waals surface area contributed by atoms with Gasteiger partial charge in [-0.1, -0.05) is 25.5 Å². The van der Waals surface area contributed by atoms with Gasteiger partial charge >= 0.3 is 0 Å². The van der Waals surface area contributed by atoms with E-state index in [0.29, 0.717) is 0 Å². The molecule has 0 bridgehead atoms. The third-order valence-electron chi connectivity index (χ3n) is 3.98. The van der Waals surface area contributed by atoms with Crippen LogP contribution >= 0.6 is 11.7 Å². The predicted molar refractivity (Wildman–Crippen MR) is 88.5 cm³/mol. The van der Waals surface area contributed by atoms with E-state index in [-0.39, 0.29) is 5.91 Å². The Morgan fingerprint density at radius 1 is 1.18 bits per heavy atom. The van der Waals surface area contributed by atoms with Crippen LogP contribution < -0.4 is 4.90 Å². The number of anilines is 1. The second kappa shape index (κ2) is 6.87. The van der Waals surface area contributed by atoms with Gasteiger partial charge in [-0.3, -0.25) is 4.79 Å². The van der Waals surface area contributed by atoms with Crippen LogP contribution in [-0.4, -0.2) is 45.7 Å². The molecule has 0 N–H and O–H groups in total. The molecule has 2 aromatic rings. The number of carbonyl (C=O) groups excluding carboxylic acids is 1. The van der Waals surface area contributed by atoms with Gasteiger partial charge in [0.1, 0.15) is 0 Å². The molecule has 0 atom stereocenters. The Morgan fingerprint density at radius 3 is 2.50 bits per heavy atom. The molecule has 0 spiro atoms. The average Bonchev–Trinajstić information content (AvgIpc) is 3.10. The SMILES string of the molecule is CCCc1ccc(C(=O)N2CCN(c3cnsn3)CC2)cc1. The molecule has 1 fully saturated rings. The van der Waals surface area contributed by atoms with Gasteiger partial charge in [-0.25, -0.2) is 0 Å². The third kappa shape index (κ3) is 3.27. The number of aryl methyl sites for hydroxylation is 1. The summed E-state index contributed by atoms with van der Waals surface area (Å²) in [5, 5.41) is 0. The maximum Gasteiger partial charge on any atom is 0.253 e. The number of carbonyl (C=O) groups is 1. The normalized spacial score (nSPS) is 15.1. The van der Waals surface area contributed by atoms with Crippen molar-refractivity contribution in [3.8, 4) is 0 Å². The molecule has 22 heavy (non-hydrogen) atoms. The number of nitrogens with zero attached hydrogens (tertiary/aromatic N) is 4. The Hall–Kier alpha value is -1.95. The van der Waals surface area contributed by atoms with E-state index in [0.717, 1.165) is 50.4 Å². The second-order valence-corrected chi connectivity index (χ2v) is 6.05. The van der Waals surface area contributed by atoms with Gasteiger partial charge < -0.3 is 9.80 Å². The molecule has 1 aromatic heterocycles. The Kier molecular flexibility index (Phi) is 4.68.